The van der Waals surface area contributed by atoms with Gasteiger partial charge in [0.25, 0.3) is 0 Å². The second kappa shape index (κ2) is 8.58. The maximum absolute atomic E-state index is 5.47. The minimum atomic E-state index is 0.543. The summed E-state index contributed by atoms with van der Waals surface area (Å²) in [5.74, 6) is 2.59. The van der Waals surface area contributed by atoms with Crippen LogP contribution in [-0.2, 0) is 20.1 Å². The van der Waals surface area contributed by atoms with Crippen LogP contribution in [0.3, 0.4) is 0 Å². The molecule has 142 valence electrons. The first-order valence-electron chi connectivity index (χ1n) is 9.18. The Morgan fingerprint density at radius 2 is 2.00 bits per heavy atom. The van der Waals surface area contributed by atoms with E-state index >= 15 is 0 Å². The number of aromatic nitrogens is 2. The van der Waals surface area contributed by atoms with Crippen LogP contribution in [0.4, 0.5) is 0 Å². The average Bonchev–Trinajstić information content (AvgIpc) is 3.00. The standard InChI is InChI=1S/C21H27N5O/c1-5-22-21(23-13-16-11-10-15(2)12-19(16)27-4)24-14-20-25-17-8-6-7-9-18(17)26(20)3/h6-12H,5,13-14H2,1-4H3,(H2,22,23,24). The first kappa shape index (κ1) is 18.8. The second-order valence-electron chi connectivity index (χ2n) is 6.44. The molecule has 0 saturated heterocycles. The number of methoxy groups -OCH3 is 1. The lowest BCUT2D eigenvalue weighted by Crippen LogP contribution is -2.37. The summed E-state index contributed by atoms with van der Waals surface area (Å²) in [6.07, 6.45) is 0. The van der Waals surface area contributed by atoms with Crippen molar-refractivity contribution in [1.82, 2.24) is 20.2 Å². The number of nitrogens with zero attached hydrogens (tertiary/aromatic N) is 3. The molecule has 0 bridgehead atoms. The van der Waals surface area contributed by atoms with Crippen LogP contribution in [0.2, 0.25) is 0 Å². The van der Waals surface area contributed by atoms with Crippen LogP contribution in [-0.4, -0.2) is 29.2 Å². The second-order valence-corrected chi connectivity index (χ2v) is 6.44. The van der Waals surface area contributed by atoms with Gasteiger partial charge in [0.15, 0.2) is 5.96 Å². The van der Waals surface area contributed by atoms with Gasteiger partial charge in [0.1, 0.15) is 11.6 Å². The van der Waals surface area contributed by atoms with Crippen molar-refractivity contribution in [2.45, 2.75) is 26.9 Å². The highest BCUT2D eigenvalue weighted by molar-refractivity contribution is 5.80. The lowest BCUT2D eigenvalue weighted by molar-refractivity contribution is 0.409. The van der Waals surface area contributed by atoms with Gasteiger partial charge in [0.05, 0.1) is 31.2 Å². The number of ether oxygens (including phenoxy) is 1. The van der Waals surface area contributed by atoms with Crippen LogP contribution in [0, 0.1) is 6.92 Å². The number of imidazole rings is 1. The van der Waals surface area contributed by atoms with Gasteiger partial charge in [0, 0.05) is 19.2 Å². The van der Waals surface area contributed by atoms with Gasteiger partial charge in [-0.3, -0.25) is 0 Å². The number of aliphatic imine (C=N–C) groups is 1. The Kier molecular flexibility index (Phi) is 5.96. The van der Waals surface area contributed by atoms with Crippen LogP contribution in [0.15, 0.2) is 47.5 Å². The number of nitrogens with one attached hydrogen (secondary N) is 2. The Morgan fingerprint density at radius 1 is 1.19 bits per heavy atom. The number of guanidine groups is 1. The number of rotatable bonds is 6. The first-order chi connectivity index (χ1) is 13.1. The summed E-state index contributed by atoms with van der Waals surface area (Å²) in [5.41, 5.74) is 4.36. The number of aryl methyl sites for hydroxylation is 2. The van der Waals surface area contributed by atoms with Crippen molar-refractivity contribution in [2.24, 2.45) is 12.0 Å². The Morgan fingerprint density at radius 3 is 2.74 bits per heavy atom. The predicted octanol–water partition coefficient (Wildman–Crippen LogP) is 3.15. The molecule has 27 heavy (non-hydrogen) atoms. The van der Waals surface area contributed by atoms with Crippen molar-refractivity contribution in [3.63, 3.8) is 0 Å². The number of benzene rings is 2. The number of hydrogen-bond donors (Lipinski definition) is 2. The fraction of sp³-hybridized carbons (Fsp3) is 0.333. The summed E-state index contributed by atoms with van der Waals surface area (Å²) in [7, 11) is 3.73. The van der Waals surface area contributed by atoms with Gasteiger partial charge in [-0.2, -0.15) is 0 Å². The molecule has 6 nitrogen and oxygen atoms in total. The number of para-hydroxylation sites is 2. The van der Waals surface area contributed by atoms with Gasteiger partial charge in [-0.15, -0.1) is 0 Å². The highest BCUT2D eigenvalue weighted by atomic mass is 16.5. The largest absolute Gasteiger partial charge is 0.496 e. The molecule has 2 aromatic carbocycles. The molecular formula is C21H27N5O. The van der Waals surface area contributed by atoms with Crippen molar-refractivity contribution in [3.05, 3.63) is 59.4 Å². The monoisotopic (exact) mass is 365 g/mol. The van der Waals surface area contributed by atoms with E-state index in [-0.39, 0.29) is 0 Å². The van der Waals surface area contributed by atoms with Crippen LogP contribution in [0.1, 0.15) is 23.9 Å². The molecule has 0 amide bonds. The minimum Gasteiger partial charge on any atom is -0.496 e. The molecule has 0 aliphatic heterocycles. The average molecular weight is 365 g/mol. The van der Waals surface area contributed by atoms with Crippen LogP contribution in [0.5, 0.6) is 5.75 Å². The SMILES string of the molecule is CCNC(=NCc1ccc(C)cc1OC)NCc1nc2ccccc2n1C. The van der Waals surface area contributed by atoms with Crippen molar-refractivity contribution < 1.29 is 4.74 Å². The first-order valence-corrected chi connectivity index (χ1v) is 9.18. The highest BCUT2D eigenvalue weighted by Crippen LogP contribution is 2.20. The Hall–Kier alpha value is -3.02. The Balaban J connectivity index is 1.73. The summed E-state index contributed by atoms with van der Waals surface area (Å²) >= 11 is 0. The zero-order valence-corrected chi connectivity index (χ0v) is 16.4. The fourth-order valence-electron chi connectivity index (χ4n) is 3.00. The number of hydrogen-bond acceptors (Lipinski definition) is 3. The quantitative estimate of drug-likeness (QED) is 0.520. The summed E-state index contributed by atoms with van der Waals surface area (Å²) < 4.78 is 7.58. The Bertz CT molecular complexity index is 945. The van der Waals surface area contributed by atoms with E-state index in [1.165, 1.54) is 5.56 Å². The van der Waals surface area contributed by atoms with E-state index in [1.54, 1.807) is 7.11 Å². The van der Waals surface area contributed by atoms with Crippen molar-refractivity contribution in [3.8, 4) is 5.75 Å². The molecule has 0 radical (unpaired) electrons. The van der Waals surface area contributed by atoms with E-state index in [0.29, 0.717) is 13.1 Å². The van der Waals surface area contributed by atoms with Gasteiger partial charge in [-0.05, 0) is 37.6 Å². The zero-order valence-electron chi connectivity index (χ0n) is 16.4. The fourth-order valence-corrected chi connectivity index (χ4v) is 3.00. The van der Waals surface area contributed by atoms with Gasteiger partial charge in [-0.1, -0.05) is 24.3 Å². The maximum atomic E-state index is 5.47. The lowest BCUT2D eigenvalue weighted by atomic mass is 10.1. The highest BCUT2D eigenvalue weighted by Gasteiger charge is 2.08. The van der Waals surface area contributed by atoms with Gasteiger partial charge in [0.2, 0.25) is 0 Å². The van der Waals surface area contributed by atoms with E-state index in [4.69, 9.17) is 14.7 Å². The van der Waals surface area contributed by atoms with Crippen molar-refractivity contribution in [2.75, 3.05) is 13.7 Å². The summed E-state index contributed by atoms with van der Waals surface area (Å²) in [4.78, 5) is 9.40. The van der Waals surface area contributed by atoms with Crippen molar-refractivity contribution >= 4 is 17.0 Å². The third-order valence-corrected chi connectivity index (χ3v) is 4.49. The minimum absolute atomic E-state index is 0.543. The van der Waals surface area contributed by atoms with E-state index in [1.807, 2.05) is 31.3 Å². The molecule has 0 fully saturated rings. The van der Waals surface area contributed by atoms with Gasteiger partial charge in [-0.25, -0.2) is 9.98 Å². The van der Waals surface area contributed by atoms with Crippen LogP contribution < -0.4 is 15.4 Å². The zero-order chi connectivity index (χ0) is 19.2. The van der Waals surface area contributed by atoms with E-state index < -0.39 is 0 Å². The molecule has 1 aromatic heterocycles. The number of fused-ring (bicyclic) bond motifs is 1. The van der Waals surface area contributed by atoms with E-state index in [0.717, 1.165) is 40.7 Å². The van der Waals surface area contributed by atoms with Crippen LogP contribution in [0.25, 0.3) is 11.0 Å². The molecule has 0 saturated carbocycles. The summed E-state index contributed by atoms with van der Waals surface area (Å²) in [5, 5.41) is 6.66. The molecule has 0 atom stereocenters. The lowest BCUT2D eigenvalue weighted by Gasteiger charge is -2.12. The maximum Gasteiger partial charge on any atom is 0.191 e. The molecule has 2 N–H and O–H groups in total. The topological polar surface area (TPSA) is 63.5 Å². The summed E-state index contributed by atoms with van der Waals surface area (Å²) in [6, 6.07) is 14.3. The van der Waals surface area contributed by atoms with E-state index in [9.17, 15) is 0 Å². The molecule has 3 rings (SSSR count). The molecular weight excluding hydrogens is 338 g/mol. The summed E-state index contributed by atoms with van der Waals surface area (Å²) in [6.45, 7) is 6.04. The molecule has 1 heterocycles. The van der Waals surface area contributed by atoms with Gasteiger partial charge < -0.3 is 19.9 Å². The van der Waals surface area contributed by atoms with Crippen LogP contribution >= 0.6 is 0 Å². The predicted molar refractivity (Wildman–Crippen MR) is 110 cm³/mol. The normalized spacial score (nSPS) is 11.6. The molecule has 0 aliphatic rings. The molecule has 0 spiro atoms. The molecule has 0 unspecified atom stereocenters. The third-order valence-electron chi connectivity index (χ3n) is 4.49. The molecule has 0 aliphatic carbocycles. The Labute approximate surface area is 160 Å². The van der Waals surface area contributed by atoms with Gasteiger partial charge >= 0.3 is 0 Å². The third kappa shape index (κ3) is 4.39. The molecule has 3 aromatic rings. The van der Waals surface area contributed by atoms with Crippen molar-refractivity contribution in [1.29, 1.82) is 0 Å². The van der Waals surface area contributed by atoms with E-state index in [2.05, 4.69) is 47.2 Å². The smallest absolute Gasteiger partial charge is 0.191 e. The molecule has 6 heteroatoms.